The first-order valence-corrected chi connectivity index (χ1v) is 20.0. The van der Waals surface area contributed by atoms with Crippen molar-refractivity contribution < 1.29 is 0 Å². The number of nitrogens with zero attached hydrogens (tertiary/aromatic N) is 1. The lowest BCUT2D eigenvalue weighted by Crippen LogP contribution is -2.26. The zero-order valence-corrected chi connectivity index (χ0v) is 32.2. The number of anilines is 3. The van der Waals surface area contributed by atoms with Gasteiger partial charge in [-0.05, 0) is 102 Å². The van der Waals surface area contributed by atoms with E-state index in [1.54, 1.807) is 0 Å². The van der Waals surface area contributed by atoms with Gasteiger partial charge in [-0.3, -0.25) is 0 Å². The monoisotopic (exact) mass is 727 g/mol. The van der Waals surface area contributed by atoms with E-state index in [0.29, 0.717) is 0 Å². The summed E-state index contributed by atoms with van der Waals surface area (Å²) in [7, 11) is 0. The molecule has 0 radical (unpaired) electrons. The topological polar surface area (TPSA) is 3.24 Å². The predicted octanol–water partition coefficient (Wildman–Crippen LogP) is 14.6. The molecule has 0 saturated heterocycles. The van der Waals surface area contributed by atoms with Crippen molar-refractivity contribution in [3.63, 3.8) is 0 Å². The van der Waals surface area contributed by atoms with Crippen LogP contribution in [-0.2, 0) is 10.8 Å². The average molecular weight is 728 g/mol. The molecule has 11 rings (SSSR count). The molecule has 1 spiro atoms. The molecule has 2 aliphatic rings. The maximum Gasteiger partial charge on any atom is 0.0726 e. The molecule has 0 unspecified atom stereocenters. The van der Waals surface area contributed by atoms with Crippen molar-refractivity contribution >= 4 is 27.8 Å². The van der Waals surface area contributed by atoms with Gasteiger partial charge in [0.15, 0.2) is 0 Å². The highest BCUT2D eigenvalue weighted by atomic mass is 15.1. The summed E-state index contributed by atoms with van der Waals surface area (Å²) >= 11 is 0. The van der Waals surface area contributed by atoms with Gasteiger partial charge in [-0.1, -0.05) is 196 Å². The third kappa shape index (κ3) is 4.89. The standard InChI is InChI=1S/C56H41N/c1-55(2,40-19-7-4-8-20-40)49-35-36-54(48-25-10-9-24-46(48)49)57(41-31-29-39(30-32-41)38-17-5-3-6-18-38)42-33-34-47-45-23-13-16-28-52(45)56(53(47)37-42)50-26-14-11-21-43(50)44-22-12-15-27-51(44)56/h3-37H,1-2H3. The van der Waals surface area contributed by atoms with Gasteiger partial charge < -0.3 is 4.90 Å². The fourth-order valence-corrected chi connectivity index (χ4v) is 10.1. The molecule has 9 aromatic carbocycles. The van der Waals surface area contributed by atoms with E-state index in [4.69, 9.17) is 0 Å². The zero-order chi connectivity index (χ0) is 38.1. The Hall–Kier alpha value is -6.96. The molecule has 1 nitrogen and oxygen atoms in total. The van der Waals surface area contributed by atoms with Gasteiger partial charge in [-0.15, -0.1) is 0 Å². The largest absolute Gasteiger partial charge is 0.310 e. The SMILES string of the molecule is CC(C)(c1ccccc1)c1ccc(N(c2ccc(-c3ccccc3)cc2)c2ccc3c(c2)C2(c4ccccc4-c4ccccc42)c2ccccc2-3)c2ccccc12. The van der Waals surface area contributed by atoms with E-state index < -0.39 is 5.41 Å². The third-order valence-electron chi connectivity index (χ3n) is 12.8. The molecule has 2 aliphatic carbocycles. The Labute approximate surface area is 335 Å². The van der Waals surface area contributed by atoms with Gasteiger partial charge in [0.25, 0.3) is 0 Å². The van der Waals surface area contributed by atoms with E-state index in [-0.39, 0.29) is 5.41 Å². The number of hydrogen-bond acceptors (Lipinski definition) is 1. The van der Waals surface area contributed by atoms with Crippen LogP contribution in [-0.4, -0.2) is 0 Å². The summed E-state index contributed by atoms with van der Waals surface area (Å²) in [4.78, 5) is 2.49. The number of fused-ring (bicyclic) bond motifs is 11. The normalized spacial score (nSPS) is 13.2. The lowest BCUT2D eigenvalue weighted by Gasteiger charge is -2.33. The summed E-state index contributed by atoms with van der Waals surface area (Å²) < 4.78 is 0. The predicted molar refractivity (Wildman–Crippen MR) is 239 cm³/mol. The molecule has 0 heterocycles. The van der Waals surface area contributed by atoms with Crippen LogP contribution < -0.4 is 4.90 Å². The molecule has 270 valence electrons. The van der Waals surface area contributed by atoms with E-state index in [1.165, 1.54) is 77.5 Å². The van der Waals surface area contributed by atoms with Crippen LogP contribution in [0.25, 0.3) is 44.2 Å². The van der Waals surface area contributed by atoms with Crippen molar-refractivity contribution in [2.75, 3.05) is 4.90 Å². The van der Waals surface area contributed by atoms with Crippen LogP contribution in [0.2, 0.25) is 0 Å². The van der Waals surface area contributed by atoms with E-state index in [0.717, 1.165) is 17.1 Å². The molecule has 0 aromatic heterocycles. The minimum Gasteiger partial charge on any atom is -0.310 e. The highest BCUT2D eigenvalue weighted by Crippen LogP contribution is 2.63. The molecule has 0 saturated carbocycles. The first kappa shape index (κ1) is 33.4. The highest BCUT2D eigenvalue weighted by molar-refractivity contribution is 6.02. The lowest BCUT2D eigenvalue weighted by molar-refractivity contribution is 0.647. The van der Waals surface area contributed by atoms with Crippen molar-refractivity contribution in [1.29, 1.82) is 0 Å². The van der Waals surface area contributed by atoms with Gasteiger partial charge in [0.1, 0.15) is 0 Å². The van der Waals surface area contributed by atoms with Crippen LogP contribution in [0, 0.1) is 0 Å². The zero-order valence-electron chi connectivity index (χ0n) is 32.2. The van der Waals surface area contributed by atoms with Crippen LogP contribution in [0.3, 0.4) is 0 Å². The lowest BCUT2D eigenvalue weighted by atomic mass is 9.70. The van der Waals surface area contributed by atoms with Crippen LogP contribution in [0.15, 0.2) is 212 Å². The second-order valence-electron chi connectivity index (χ2n) is 16.0. The van der Waals surface area contributed by atoms with Crippen molar-refractivity contribution in [2.45, 2.75) is 24.7 Å². The fraction of sp³-hybridized carbons (Fsp3) is 0.0714. The minimum absolute atomic E-state index is 0.198. The molecule has 0 atom stereocenters. The number of benzene rings is 9. The van der Waals surface area contributed by atoms with Crippen molar-refractivity contribution in [3.8, 4) is 33.4 Å². The van der Waals surface area contributed by atoms with Gasteiger partial charge in [-0.25, -0.2) is 0 Å². The molecule has 0 N–H and O–H groups in total. The Morgan fingerprint density at radius 3 is 1.46 bits per heavy atom. The Morgan fingerprint density at radius 2 is 0.842 bits per heavy atom. The summed E-state index contributed by atoms with van der Waals surface area (Å²) in [6, 6.07) is 78.7. The Morgan fingerprint density at radius 1 is 0.368 bits per heavy atom. The van der Waals surface area contributed by atoms with Crippen LogP contribution in [0.4, 0.5) is 17.1 Å². The highest BCUT2D eigenvalue weighted by Gasteiger charge is 2.51. The molecular formula is C56H41N. The van der Waals surface area contributed by atoms with Crippen LogP contribution >= 0.6 is 0 Å². The number of rotatable bonds is 6. The maximum atomic E-state index is 2.50. The Kier molecular flexibility index (Phi) is 7.50. The van der Waals surface area contributed by atoms with Gasteiger partial charge in [0.2, 0.25) is 0 Å². The summed E-state index contributed by atoms with van der Waals surface area (Å²) in [6.45, 7) is 4.69. The molecule has 1 heteroatoms. The van der Waals surface area contributed by atoms with Crippen LogP contribution in [0.1, 0.15) is 47.2 Å². The second kappa shape index (κ2) is 12.8. The summed E-state index contributed by atoms with van der Waals surface area (Å²) in [5.41, 5.74) is 18.4. The van der Waals surface area contributed by atoms with E-state index in [9.17, 15) is 0 Å². The second-order valence-corrected chi connectivity index (χ2v) is 16.0. The van der Waals surface area contributed by atoms with Crippen molar-refractivity contribution in [2.24, 2.45) is 0 Å². The average Bonchev–Trinajstić information content (AvgIpc) is 3.74. The quantitative estimate of drug-likeness (QED) is 0.165. The van der Waals surface area contributed by atoms with Gasteiger partial charge in [-0.2, -0.15) is 0 Å². The molecule has 9 aromatic rings. The van der Waals surface area contributed by atoms with Crippen LogP contribution in [0.5, 0.6) is 0 Å². The van der Waals surface area contributed by atoms with E-state index >= 15 is 0 Å². The molecule has 0 aliphatic heterocycles. The van der Waals surface area contributed by atoms with Crippen molar-refractivity contribution in [3.05, 3.63) is 246 Å². The molecule has 0 bridgehead atoms. The summed E-state index contributed by atoms with van der Waals surface area (Å²) in [6.07, 6.45) is 0. The Bertz CT molecular complexity index is 2910. The first-order valence-electron chi connectivity index (χ1n) is 20.0. The molecule has 0 fully saturated rings. The van der Waals surface area contributed by atoms with Gasteiger partial charge >= 0.3 is 0 Å². The maximum absolute atomic E-state index is 2.50. The third-order valence-corrected chi connectivity index (χ3v) is 12.8. The number of hydrogen-bond donors (Lipinski definition) is 0. The van der Waals surface area contributed by atoms with Crippen molar-refractivity contribution in [1.82, 2.24) is 0 Å². The fourth-order valence-electron chi connectivity index (χ4n) is 10.1. The molecule has 0 amide bonds. The van der Waals surface area contributed by atoms with Gasteiger partial charge in [0.05, 0.1) is 11.1 Å². The van der Waals surface area contributed by atoms with Gasteiger partial charge in [0, 0.05) is 22.2 Å². The molecule has 57 heavy (non-hydrogen) atoms. The first-order chi connectivity index (χ1) is 28.0. The molecular weight excluding hydrogens is 687 g/mol. The minimum atomic E-state index is -0.427. The summed E-state index contributed by atoms with van der Waals surface area (Å²) in [5.74, 6) is 0. The Balaban J connectivity index is 1.17. The summed E-state index contributed by atoms with van der Waals surface area (Å²) in [5, 5.41) is 2.49. The van der Waals surface area contributed by atoms with E-state index in [2.05, 4.69) is 231 Å². The smallest absolute Gasteiger partial charge is 0.0726 e. The van der Waals surface area contributed by atoms with E-state index in [1.807, 2.05) is 0 Å².